The molecule has 2 aliphatic rings. The minimum absolute atomic E-state index is 0.192. The summed E-state index contributed by atoms with van der Waals surface area (Å²) in [6.45, 7) is 8.10. The van der Waals surface area contributed by atoms with Crippen molar-refractivity contribution in [3.05, 3.63) is 46.3 Å². The lowest BCUT2D eigenvalue weighted by Crippen LogP contribution is -2.43. The number of dihydropyridines is 1. The van der Waals surface area contributed by atoms with Crippen molar-refractivity contribution in [2.45, 2.75) is 46.5 Å². The number of hydrogen-bond donors (Lipinski definition) is 1. The third-order valence-corrected chi connectivity index (χ3v) is 6.22. The average molecular weight is 472 g/mol. The van der Waals surface area contributed by atoms with E-state index >= 15 is 0 Å². The molecule has 0 aromatic heterocycles. The number of benzene rings is 1. The molecular formula is C26H33NO7. The number of Topliss-reactive ketones (excluding diaryl/α,β-unsaturated/α-hetero) is 1. The van der Waals surface area contributed by atoms with Gasteiger partial charge in [-0.05, 0) is 50.3 Å². The van der Waals surface area contributed by atoms with E-state index in [-0.39, 0.29) is 18.3 Å². The third kappa shape index (κ3) is 4.67. The summed E-state index contributed by atoms with van der Waals surface area (Å²) < 4.78 is 21.6. The highest BCUT2D eigenvalue weighted by Gasteiger charge is 2.47. The van der Waals surface area contributed by atoms with Crippen molar-refractivity contribution in [3.8, 4) is 11.5 Å². The number of carbonyl (C=O) groups excluding carboxylic acids is 3. The Balaban J connectivity index is 2.19. The molecule has 0 saturated carbocycles. The highest BCUT2D eigenvalue weighted by Crippen LogP contribution is 2.46. The van der Waals surface area contributed by atoms with Gasteiger partial charge in [-0.3, -0.25) is 9.59 Å². The second kappa shape index (κ2) is 10.8. The van der Waals surface area contributed by atoms with Crippen LogP contribution in [-0.4, -0.2) is 45.2 Å². The van der Waals surface area contributed by atoms with Crippen LogP contribution in [0.25, 0.3) is 0 Å². The fraction of sp³-hybridized carbons (Fsp3) is 0.500. The Morgan fingerprint density at radius 3 is 2.50 bits per heavy atom. The summed E-state index contributed by atoms with van der Waals surface area (Å²) in [5.41, 5.74) is 2.70. The van der Waals surface area contributed by atoms with E-state index < -0.39 is 23.8 Å². The highest BCUT2D eigenvalue weighted by molar-refractivity contribution is 6.12. The van der Waals surface area contributed by atoms with Gasteiger partial charge in [0.25, 0.3) is 0 Å². The van der Waals surface area contributed by atoms with Crippen LogP contribution < -0.4 is 14.8 Å². The van der Waals surface area contributed by atoms with E-state index in [1.54, 1.807) is 33.1 Å². The van der Waals surface area contributed by atoms with Gasteiger partial charge in [0.15, 0.2) is 17.3 Å². The first kappa shape index (κ1) is 25.3. The van der Waals surface area contributed by atoms with Crippen LogP contribution in [0.3, 0.4) is 0 Å². The van der Waals surface area contributed by atoms with Crippen LogP contribution in [0, 0.1) is 11.8 Å². The molecule has 1 aliphatic heterocycles. The fourth-order valence-electron chi connectivity index (χ4n) is 4.69. The Morgan fingerprint density at radius 2 is 1.88 bits per heavy atom. The van der Waals surface area contributed by atoms with E-state index in [2.05, 4.69) is 5.32 Å². The highest BCUT2D eigenvalue weighted by atomic mass is 16.5. The van der Waals surface area contributed by atoms with Crippen molar-refractivity contribution in [2.24, 2.45) is 11.8 Å². The molecule has 0 radical (unpaired) electrons. The smallest absolute Gasteiger partial charge is 0.336 e. The van der Waals surface area contributed by atoms with E-state index in [4.69, 9.17) is 18.9 Å². The van der Waals surface area contributed by atoms with E-state index in [1.807, 2.05) is 19.9 Å². The number of allylic oxidation sites excluding steroid dienone is 3. The molecule has 3 atom stereocenters. The van der Waals surface area contributed by atoms with Gasteiger partial charge in [-0.1, -0.05) is 19.9 Å². The number of nitrogens with one attached hydrogen (secondary N) is 1. The Labute approximate surface area is 200 Å². The SMILES string of the molecule is CCCOc1ccc(C2C(C(=O)OCC)=C(C)NC3=C2C(=O)C(C(=O)OC)C(C)C3)cc1OC. The number of ketones is 1. The quantitative estimate of drug-likeness (QED) is 0.453. The normalized spacial score (nSPS) is 22.1. The van der Waals surface area contributed by atoms with Gasteiger partial charge in [0.05, 0.1) is 33.0 Å². The predicted molar refractivity (Wildman–Crippen MR) is 125 cm³/mol. The number of ether oxygens (including phenoxy) is 4. The molecule has 1 N–H and O–H groups in total. The molecular weight excluding hydrogens is 438 g/mol. The molecule has 0 fully saturated rings. The number of methoxy groups -OCH3 is 2. The van der Waals surface area contributed by atoms with Crippen molar-refractivity contribution in [3.63, 3.8) is 0 Å². The summed E-state index contributed by atoms with van der Waals surface area (Å²) in [5, 5.41) is 3.24. The lowest BCUT2D eigenvalue weighted by molar-refractivity contribution is -0.151. The van der Waals surface area contributed by atoms with Gasteiger partial charge in [-0.15, -0.1) is 0 Å². The van der Waals surface area contributed by atoms with Gasteiger partial charge in [-0.25, -0.2) is 4.79 Å². The first-order valence-electron chi connectivity index (χ1n) is 11.6. The molecule has 0 amide bonds. The maximum absolute atomic E-state index is 13.7. The molecule has 0 bridgehead atoms. The summed E-state index contributed by atoms with van der Waals surface area (Å²) in [7, 11) is 2.82. The summed E-state index contributed by atoms with van der Waals surface area (Å²) in [6, 6.07) is 5.37. The molecule has 0 spiro atoms. The number of rotatable bonds is 8. The summed E-state index contributed by atoms with van der Waals surface area (Å²) >= 11 is 0. The molecule has 1 heterocycles. The zero-order chi connectivity index (χ0) is 25.0. The third-order valence-electron chi connectivity index (χ3n) is 6.22. The number of carbonyl (C=O) groups is 3. The van der Waals surface area contributed by atoms with E-state index in [0.717, 1.165) is 6.42 Å². The molecule has 184 valence electrons. The van der Waals surface area contributed by atoms with Crippen LogP contribution in [0.1, 0.15) is 52.0 Å². The largest absolute Gasteiger partial charge is 0.493 e. The molecule has 8 heteroatoms. The summed E-state index contributed by atoms with van der Waals surface area (Å²) in [4.78, 5) is 39.3. The van der Waals surface area contributed by atoms with Crippen LogP contribution in [-0.2, 0) is 23.9 Å². The lowest BCUT2D eigenvalue weighted by atomic mass is 9.69. The predicted octanol–water partition coefficient (Wildman–Crippen LogP) is 3.66. The summed E-state index contributed by atoms with van der Waals surface area (Å²) in [6.07, 6.45) is 1.31. The van der Waals surface area contributed by atoms with Crippen LogP contribution in [0.5, 0.6) is 11.5 Å². The van der Waals surface area contributed by atoms with Gasteiger partial charge in [0.2, 0.25) is 0 Å². The minimum atomic E-state index is -0.941. The standard InChI is InChI=1S/C26H33NO7/c1-7-11-34-18-10-9-16(13-19(18)31-5)22-21(26(30)33-8-2)15(4)27-17-12-14(3)20(25(29)32-6)24(28)23(17)22/h9-10,13-14,20,22,27H,7-8,11-12H2,1-6H3. The Bertz CT molecular complexity index is 1040. The van der Waals surface area contributed by atoms with E-state index in [1.165, 1.54) is 7.11 Å². The van der Waals surface area contributed by atoms with Gasteiger partial charge in [0.1, 0.15) is 5.92 Å². The zero-order valence-corrected chi connectivity index (χ0v) is 20.7. The second-order valence-electron chi connectivity index (χ2n) is 8.51. The molecule has 3 rings (SSSR count). The van der Waals surface area contributed by atoms with Gasteiger partial charge < -0.3 is 24.3 Å². The van der Waals surface area contributed by atoms with Crippen molar-refractivity contribution < 1.29 is 33.3 Å². The second-order valence-corrected chi connectivity index (χ2v) is 8.51. The Hall–Kier alpha value is -3.29. The first-order chi connectivity index (χ1) is 16.3. The zero-order valence-electron chi connectivity index (χ0n) is 20.7. The molecule has 1 aromatic carbocycles. The molecule has 1 aromatic rings. The molecule has 0 saturated heterocycles. The fourth-order valence-corrected chi connectivity index (χ4v) is 4.69. The van der Waals surface area contributed by atoms with Crippen LogP contribution in [0.4, 0.5) is 0 Å². The first-order valence-corrected chi connectivity index (χ1v) is 11.6. The van der Waals surface area contributed by atoms with Crippen LogP contribution in [0.2, 0.25) is 0 Å². The van der Waals surface area contributed by atoms with Crippen molar-refractivity contribution in [1.29, 1.82) is 0 Å². The monoisotopic (exact) mass is 471 g/mol. The molecule has 34 heavy (non-hydrogen) atoms. The van der Waals surface area contributed by atoms with Crippen molar-refractivity contribution in [1.82, 2.24) is 5.32 Å². The number of esters is 2. The average Bonchev–Trinajstić information content (AvgIpc) is 2.81. The van der Waals surface area contributed by atoms with Crippen LogP contribution >= 0.6 is 0 Å². The molecule has 8 nitrogen and oxygen atoms in total. The minimum Gasteiger partial charge on any atom is -0.493 e. The number of hydrogen-bond acceptors (Lipinski definition) is 8. The summed E-state index contributed by atoms with van der Waals surface area (Å²) in [5.74, 6) is -2.29. The molecule has 3 unspecified atom stereocenters. The van der Waals surface area contributed by atoms with Crippen molar-refractivity contribution in [2.75, 3.05) is 27.4 Å². The maximum atomic E-state index is 13.7. The van der Waals surface area contributed by atoms with E-state index in [9.17, 15) is 14.4 Å². The molecule has 1 aliphatic carbocycles. The lowest BCUT2D eigenvalue weighted by Gasteiger charge is -2.38. The topological polar surface area (TPSA) is 100 Å². The van der Waals surface area contributed by atoms with Gasteiger partial charge in [0, 0.05) is 22.9 Å². The maximum Gasteiger partial charge on any atom is 0.336 e. The van der Waals surface area contributed by atoms with Gasteiger partial charge in [-0.2, -0.15) is 0 Å². The Morgan fingerprint density at radius 1 is 1.15 bits per heavy atom. The van der Waals surface area contributed by atoms with Gasteiger partial charge >= 0.3 is 11.9 Å². The Kier molecular flexibility index (Phi) is 8.02. The van der Waals surface area contributed by atoms with Crippen molar-refractivity contribution >= 4 is 17.7 Å². The van der Waals surface area contributed by atoms with Crippen LogP contribution in [0.15, 0.2) is 40.7 Å². The van der Waals surface area contributed by atoms with E-state index in [0.29, 0.717) is 52.6 Å².